The fraction of sp³-hybridized carbons (Fsp3) is 0.200. The average Bonchev–Trinajstić information content (AvgIpc) is 3.05. The molecule has 0 atom stereocenters. The van der Waals surface area contributed by atoms with Gasteiger partial charge < -0.3 is 4.74 Å². The maximum atomic E-state index is 13.6. The molecular formula is C25H24N4O3S. The molecule has 0 saturated heterocycles. The van der Waals surface area contributed by atoms with Crippen molar-refractivity contribution in [1.29, 1.82) is 0 Å². The first-order valence-electron chi connectivity index (χ1n) is 10.7. The van der Waals surface area contributed by atoms with E-state index in [-0.39, 0.29) is 11.4 Å². The number of methoxy groups -OCH3 is 1. The monoisotopic (exact) mass is 460 g/mol. The Hall–Kier alpha value is -3.65. The molecule has 3 heterocycles. The third-order valence-electron chi connectivity index (χ3n) is 6.01. The molecule has 0 radical (unpaired) electrons. The zero-order chi connectivity index (χ0) is 23.2. The first kappa shape index (κ1) is 21.2. The molecule has 2 aromatic heterocycles. The highest BCUT2D eigenvalue weighted by molar-refractivity contribution is 7.92. The molecule has 8 heteroatoms. The van der Waals surface area contributed by atoms with Gasteiger partial charge in [0.2, 0.25) is 0 Å². The molecule has 2 aromatic carbocycles. The minimum absolute atomic E-state index is 0.254. The van der Waals surface area contributed by atoms with Crippen LogP contribution in [0.15, 0.2) is 71.8 Å². The molecule has 0 unspecified atom stereocenters. The Morgan fingerprint density at radius 3 is 2.39 bits per heavy atom. The second-order valence-corrected chi connectivity index (χ2v) is 9.90. The van der Waals surface area contributed by atoms with Crippen LogP contribution in [0.4, 0.5) is 5.82 Å². The van der Waals surface area contributed by atoms with Crippen LogP contribution in [0.3, 0.4) is 0 Å². The lowest BCUT2D eigenvalue weighted by Gasteiger charge is -2.23. The van der Waals surface area contributed by atoms with Crippen molar-refractivity contribution in [3.63, 3.8) is 0 Å². The summed E-state index contributed by atoms with van der Waals surface area (Å²) in [6, 6.07) is 18.3. The number of fused-ring (bicyclic) bond motifs is 3. The van der Waals surface area contributed by atoms with Crippen LogP contribution in [0.1, 0.15) is 16.8 Å². The van der Waals surface area contributed by atoms with E-state index in [9.17, 15) is 8.42 Å². The number of nitrogens with zero attached hydrogens (tertiary/aromatic N) is 4. The van der Waals surface area contributed by atoms with Crippen LogP contribution in [-0.4, -0.2) is 36.8 Å². The number of hydrogen-bond acceptors (Lipinski definition) is 5. The maximum absolute atomic E-state index is 13.6. The number of aromatic nitrogens is 3. The van der Waals surface area contributed by atoms with Gasteiger partial charge in [0.05, 0.1) is 17.7 Å². The summed E-state index contributed by atoms with van der Waals surface area (Å²) in [5, 5.41) is 4.89. The Labute approximate surface area is 193 Å². The van der Waals surface area contributed by atoms with Gasteiger partial charge >= 0.3 is 0 Å². The van der Waals surface area contributed by atoms with Crippen LogP contribution in [0.25, 0.3) is 16.9 Å². The van der Waals surface area contributed by atoms with Gasteiger partial charge in [-0.2, -0.15) is 5.10 Å². The van der Waals surface area contributed by atoms with Crippen molar-refractivity contribution in [2.75, 3.05) is 18.0 Å². The van der Waals surface area contributed by atoms with Gasteiger partial charge in [0.15, 0.2) is 5.82 Å². The highest BCUT2D eigenvalue weighted by Gasteiger charge is 2.33. The zero-order valence-corrected chi connectivity index (χ0v) is 19.5. The Morgan fingerprint density at radius 1 is 0.970 bits per heavy atom. The van der Waals surface area contributed by atoms with E-state index in [0.29, 0.717) is 17.8 Å². The van der Waals surface area contributed by atoms with Crippen LogP contribution in [0, 0.1) is 13.8 Å². The summed E-state index contributed by atoms with van der Waals surface area (Å²) in [4.78, 5) is 4.74. The van der Waals surface area contributed by atoms with Crippen molar-refractivity contribution in [3.05, 3.63) is 83.7 Å². The van der Waals surface area contributed by atoms with E-state index >= 15 is 0 Å². The molecule has 1 aliphatic heterocycles. The summed E-state index contributed by atoms with van der Waals surface area (Å²) >= 11 is 0. The number of benzene rings is 2. The Bertz CT molecular complexity index is 1430. The number of ether oxygens (including phenoxy) is 1. The standard InChI is InChI=1S/C25H24N4O3S/c1-17-6-12-21(13-7-17)33(30,31)28-16-14-22-18(2)29(19-8-10-20(32-3)11-9-19)27-24(22)23-5-4-15-26-25(23)28/h4-13,15H,14,16H2,1-3H3. The van der Waals surface area contributed by atoms with Crippen LogP contribution < -0.4 is 9.04 Å². The zero-order valence-electron chi connectivity index (χ0n) is 18.7. The van der Waals surface area contributed by atoms with Crippen LogP contribution >= 0.6 is 0 Å². The molecule has 33 heavy (non-hydrogen) atoms. The van der Waals surface area contributed by atoms with E-state index in [1.54, 1.807) is 25.4 Å². The molecule has 0 N–H and O–H groups in total. The number of anilines is 1. The van der Waals surface area contributed by atoms with E-state index in [1.807, 2.05) is 67.1 Å². The summed E-state index contributed by atoms with van der Waals surface area (Å²) < 4.78 is 35.7. The third-order valence-corrected chi connectivity index (χ3v) is 7.81. The molecule has 0 aliphatic carbocycles. The van der Waals surface area contributed by atoms with Crippen LogP contribution in [0.2, 0.25) is 0 Å². The van der Waals surface area contributed by atoms with E-state index < -0.39 is 10.0 Å². The maximum Gasteiger partial charge on any atom is 0.265 e. The first-order chi connectivity index (χ1) is 15.9. The van der Waals surface area contributed by atoms with Crippen LogP contribution in [0.5, 0.6) is 5.75 Å². The smallest absolute Gasteiger partial charge is 0.265 e. The van der Waals surface area contributed by atoms with Crippen molar-refractivity contribution in [2.45, 2.75) is 25.2 Å². The number of sulfonamides is 1. The van der Waals surface area contributed by atoms with Crippen molar-refractivity contribution in [1.82, 2.24) is 14.8 Å². The predicted octanol–water partition coefficient (Wildman–Crippen LogP) is 4.31. The Morgan fingerprint density at radius 2 is 1.70 bits per heavy atom. The first-order valence-corrected chi connectivity index (χ1v) is 12.1. The lowest BCUT2D eigenvalue weighted by Crippen LogP contribution is -2.33. The second-order valence-electron chi connectivity index (χ2n) is 8.04. The Balaban J connectivity index is 1.63. The fourth-order valence-electron chi connectivity index (χ4n) is 4.20. The summed E-state index contributed by atoms with van der Waals surface area (Å²) in [5.41, 5.74) is 5.37. The molecule has 168 valence electrons. The predicted molar refractivity (Wildman–Crippen MR) is 127 cm³/mol. The SMILES string of the molecule is COc1ccc(-n2nc3c(c2C)CCN(S(=O)(=O)c2ccc(C)cc2)c2ncccc2-3)cc1. The van der Waals surface area contributed by atoms with Gasteiger partial charge in [-0.25, -0.2) is 22.4 Å². The minimum atomic E-state index is -3.77. The van der Waals surface area contributed by atoms with Crippen molar-refractivity contribution >= 4 is 15.8 Å². The van der Waals surface area contributed by atoms with Crippen molar-refractivity contribution < 1.29 is 13.2 Å². The summed E-state index contributed by atoms with van der Waals surface area (Å²) in [6.45, 7) is 4.22. The topological polar surface area (TPSA) is 77.3 Å². The fourth-order valence-corrected chi connectivity index (χ4v) is 5.64. The van der Waals surface area contributed by atoms with Gasteiger partial charge in [0.25, 0.3) is 10.0 Å². The molecule has 5 rings (SSSR count). The van der Waals surface area contributed by atoms with E-state index in [4.69, 9.17) is 9.84 Å². The van der Waals surface area contributed by atoms with Gasteiger partial charge in [-0.3, -0.25) is 0 Å². The third kappa shape index (κ3) is 3.56. The highest BCUT2D eigenvalue weighted by Crippen LogP contribution is 2.38. The number of rotatable bonds is 4. The highest BCUT2D eigenvalue weighted by atomic mass is 32.2. The van der Waals surface area contributed by atoms with Gasteiger partial charge in [-0.1, -0.05) is 17.7 Å². The normalized spacial score (nSPS) is 13.2. The van der Waals surface area contributed by atoms with Gasteiger partial charge in [-0.15, -0.1) is 0 Å². The van der Waals surface area contributed by atoms with E-state index in [1.165, 1.54) is 4.31 Å². The molecule has 0 saturated carbocycles. The van der Waals surface area contributed by atoms with Crippen molar-refractivity contribution in [3.8, 4) is 22.7 Å². The molecule has 4 aromatic rings. The lowest BCUT2D eigenvalue weighted by molar-refractivity contribution is 0.414. The average molecular weight is 461 g/mol. The van der Waals surface area contributed by atoms with Gasteiger partial charge in [0.1, 0.15) is 11.4 Å². The molecule has 7 nitrogen and oxygen atoms in total. The molecule has 0 amide bonds. The summed E-state index contributed by atoms with van der Waals surface area (Å²) in [7, 11) is -2.14. The van der Waals surface area contributed by atoms with E-state index in [0.717, 1.165) is 34.0 Å². The molecule has 0 spiro atoms. The largest absolute Gasteiger partial charge is 0.497 e. The molecular weight excluding hydrogens is 436 g/mol. The summed E-state index contributed by atoms with van der Waals surface area (Å²) in [5.74, 6) is 1.17. The quantitative estimate of drug-likeness (QED) is 0.454. The molecule has 1 aliphatic rings. The van der Waals surface area contributed by atoms with E-state index in [2.05, 4.69) is 4.98 Å². The van der Waals surface area contributed by atoms with Crippen molar-refractivity contribution in [2.24, 2.45) is 0 Å². The molecule has 0 fully saturated rings. The van der Waals surface area contributed by atoms with Crippen LogP contribution in [-0.2, 0) is 16.4 Å². The number of pyridine rings is 1. The van der Waals surface area contributed by atoms with Gasteiger partial charge in [-0.05, 0) is 68.8 Å². The minimum Gasteiger partial charge on any atom is -0.497 e. The van der Waals surface area contributed by atoms with Gasteiger partial charge in [0, 0.05) is 29.6 Å². The lowest BCUT2D eigenvalue weighted by atomic mass is 10.1. The number of aryl methyl sites for hydroxylation is 1. The Kier molecular flexibility index (Phi) is 5.17. The number of hydrogen-bond donors (Lipinski definition) is 0. The second kappa shape index (κ2) is 8.04. The molecule has 0 bridgehead atoms. The summed E-state index contributed by atoms with van der Waals surface area (Å²) in [6.07, 6.45) is 2.15.